The van der Waals surface area contributed by atoms with Gasteiger partial charge >= 0.3 is 6.18 Å². The number of nitriles is 1. The van der Waals surface area contributed by atoms with Gasteiger partial charge in [0, 0.05) is 6.54 Å². The van der Waals surface area contributed by atoms with Crippen molar-refractivity contribution in [1.29, 1.82) is 5.26 Å². The van der Waals surface area contributed by atoms with Crippen molar-refractivity contribution < 1.29 is 17.9 Å². The van der Waals surface area contributed by atoms with Gasteiger partial charge in [-0.1, -0.05) is 24.3 Å². The molecule has 0 atom stereocenters. The van der Waals surface area contributed by atoms with Crippen molar-refractivity contribution in [2.75, 3.05) is 6.54 Å². The fourth-order valence-electron chi connectivity index (χ4n) is 3.15. The molecule has 2 aromatic carbocycles. The molecular formula is C22H19F3N2O. The van der Waals surface area contributed by atoms with Crippen molar-refractivity contribution in [2.24, 2.45) is 0 Å². The maximum Gasteiger partial charge on any atom is 0.416 e. The zero-order chi connectivity index (χ0) is 20.1. The summed E-state index contributed by atoms with van der Waals surface area (Å²) in [6.07, 6.45) is -1.80. The summed E-state index contributed by atoms with van der Waals surface area (Å²) in [6.45, 7) is 4.42. The van der Waals surface area contributed by atoms with E-state index in [0.29, 0.717) is 17.7 Å². The van der Waals surface area contributed by atoms with Crippen LogP contribution in [0.3, 0.4) is 0 Å². The molecule has 0 spiro atoms. The molecule has 1 heterocycles. The maximum absolute atomic E-state index is 13.1. The quantitative estimate of drug-likeness (QED) is 0.693. The van der Waals surface area contributed by atoms with Crippen molar-refractivity contribution in [3.05, 3.63) is 83.1 Å². The fourth-order valence-corrected chi connectivity index (χ4v) is 3.15. The highest BCUT2D eigenvalue weighted by atomic mass is 19.4. The van der Waals surface area contributed by atoms with Crippen LogP contribution in [-0.4, -0.2) is 6.54 Å². The number of alkyl halides is 3. The molecule has 3 rings (SSSR count). The van der Waals surface area contributed by atoms with Gasteiger partial charge in [0.15, 0.2) is 0 Å². The predicted octanol–water partition coefficient (Wildman–Crippen LogP) is 5.24. The molecule has 1 aliphatic heterocycles. The van der Waals surface area contributed by atoms with Gasteiger partial charge in [-0.15, -0.1) is 6.58 Å². The Labute approximate surface area is 161 Å². The number of halogens is 3. The van der Waals surface area contributed by atoms with Crippen molar-refractivity contribution >= 4 is 5.57 Å². The van der Waals surface area contributed by atoms with Gasteiger partial charge in [-0.3, -0.25) is 0 Å². The van der Waals surface area contributed by atoms with Gasteiger partial charge in [-0.25, -0.2) is 0 Å². The third kappa shape index (κ3) is 4.55. The number of allylic oxidation sites excluding steroid dienone is 2. The summed E-state index contributed by atoms with van der Waals surface area (Å²) in [4.78, 5) is 0. The Kier molecular flexibility index (Phi) is 5.74. The van der Waals surface area contributed by atoms with Crippen LogP contribution in [0, 0.1) is 11.3 Å². The minimum Gasteiger partial charge on any atom is -0.489 e. The molecule has 1 aliphatic rings. The molecule has 0 bridgehead atoms. The lowest BCUT2D eigenvalue weighted by atomic mass is 10.0. The van der Waals surface area contributed by atoms with Gasteiger partial charge in [0.25, 0.3) is 0 Å². The summed E-state index contributed by atoms with van der Waals surface area (Å²) in [7, 11) is 0. The van der Waals surface area contributed by atoms with E-state index in [2.05, 4.69) is 18.0 Å². The first-order chi connectivity index (χ1) is 13.4. The molecule has 2 aromatic rings. The molecule has 0 fully saturated rings. The molecule has 3 nitrogen and oxygen atoms in total. The lowest BCUT2D eigenvalue weighted by Gasteiger charge is -2.13. The Morgan fingerprint density at radius 3 is 2.71 bits per heavy atom. The lowest BCUT2D eigenvalue weighted by Crippen LogP contribution is -2.07. The molecular weight excluding hydrogens is 365 g/mol. The summed E-state index contributed by atoms with van der Waals surface area (Å²) < 4.78 is 45.0. The van der Waals surface area contributed by atoms with Gasteiger partial charge in [0.1, 0.15) is 24.1 Å². The minimum atomic E-state index is -4.44. The van der Waals surface area contributed by atoms with Gasteiger partial charge in [-0.05, 0) is 59.4 Å². The Morgan fingerprint density at radius 2 is 2.00 bits per heavy atom. The lowest BCUT2D eigenvalue weighted by molar-refractivity contribution is -0.137. The molecule has 1 N–H and O–H groups in total. The van der Waals surface area contributed by atoms with E-state index in [9.17, 15) is 18.4 Å². The number of rotatable bonds is 6. The van der Waals surface area contributed by atoms with Crippen LogP contribution in [0.2, 0.25) is 0 Å². The molecule has 0 aromatic heterocycles. The van der Waals surface area contributed by atoms with Crippen molar-refractivity contribution in [2.45, 2.75) is 25.6 Å². The van der Waals surface area contributed by atoms with Crippen molar-refractivity contribution in [1.82, 2.24) is 5.32 Å². The number of ether oxygens (including phenoxy) is 1. The van der Waals surface area contributed by atoms with E-state index in [4.69, 9.17) is 4.74 Å². The Bertz CT molecular complexity index is 955. The molecule has 6 heteroatoms. The van der Waals surface area contributed by atoms with E-state index in [1.807, 2.05) is 24.3 Å². The molecule has 0 saturated heterocycles. The number of hydrogen-bond donors (Lipinski definition) is 1. The fraction of sp³-hybridized carbons (Fsp3) is 0.227. The second kappa shape index (κ2) is 8.22. The number of benzene rings is 2. The summed E-state index contributed by atoms with van der Waals surface area (Å²) in [5.74, 6) is 0.163. The van der Waals surface area contributed by atoms with E-state index >= 15 is 0 Å². The third-order valence-corrected chi connectivity index (χ3v) is 4.44. The molecule has 144 valence electrons. The van der Waals surface area contributed by atoms with Gasteiger partial charge in [0.2, 0.25) is 0 Å². The first kappa shape index (κ1) is 19.6. The summed E-state index contributed by atoms with van der Waals surface area (Å²) in [5, 5.41) is 12.2. The third-order valence-electron chi connectivity index (χ3n) is 4.44. The molecule has 0 unspecified atom stereocenters. The van der Waals surface area contributed by atoms with Crippen molar-refractivity contribution in [3.63, 3.8) is 0 Å². The maximum atomic E-state index is 13.1. The summed E-state index contributed by atoms with van der Waals surface area (Å²) in [6, 6.07) is 13.4. The molecule has 0 aliphatic carbocycles. The van der Waals surface area contributed by atoms with E-state index in [1.54, 1.807) is 12.1 Å². The van der Waals surface area contributed by atoms with Crippen LogP contribution >= 0.6 is 0 Å². The highest BCUT2D eigenvalue weighted by Gasteiger charge is 2.31. The summed E-state index contributed by atoms with van der Waals surface area (Å²) in [5.41, 5.74) is 2.99. The van der Waals surface area contributed by atoms with E-state index in [1.165, 1.54) is 0 Å². The van der Waals surface area contributed by atoms with Crippen LogP contribution in [-0.2, 0) is 19.2 Å². The van der Waals surface area contributed by atoms with Crippen LogP contribution in [0.4, 0.5) is 13.2 Å². The monoisotopic (exact) mass is 384 g/mol. The second-order valence-electron chi connectivity index (χ2n) is 6.49. The minimum absolute atomic E-state index is 0.130. The highest BCUT2D eigenvalue weighted by Crippen LogP contribution is 2.33. The zero-order valence-electron chi connectivity index (χ0n) is 15.1. The largest absolute Gasteiger partial charge is 0.489 e. The standard InChI is InChI=1S/C22H19F3N2O/c1-2-4-15-10-18(22(23,24)25)12-19(11-15)28-14-16-5-3-6-17(9-16)20-7-8-27-21(20)13-26/h2-3,5-6,9-12,27H,1,4,7-8,14H2. The smallest absolute Gasteiger partial charge is 0.416 e. The van der Waals surface area contributed by atoms with Crippen molar-refractivity contribution in [3.8, 4) is 11.8 Å². The number of nitrogens with one attached hydrogen (secondary N) is 1. The Morgan fingerprint density at radius 1 is 1.18 bits per heavy atom. The van der Waals surface area contributed by atoms with Crippen LogP contribution in [0.1, 0.15) is 28.7 Å². The number of hydrogen-bond acceptors (Lipinski definition) is 3. The average Bonchev–Trinajstić information content (AvgIpc) is 3.15. The van der Waals surface area contributed by atoms with Crippen LogP contribution in [0.25, 0.3) is 5.57 Å². The first-order valence-electron chi connectivity index (χ1n) is 8.82. The number of nitrogens with zero attached hydrogens (tertiary/aromatic N) is 1. The van der Waals surface area contributed by atoms with Gasteiger partial charge in [0.05, 0.1) is 5.56 Å². The average molecular weight is 384 g/mol. The SMILES string of the molecule is C=CCc1cc(OCc2cccc(C3=C(C#N)NCC3)c2)cc(C(F)(F)F)c1. The Hall–Kier alpha value is -3.20. The molecule has 0 amide bonds. The van der Waals surface area contributed by atoms with Crippen LogP contribution in [0.15, 0.2) is 60.8 Å². The Balaban J connectivity index is 1.81. The van der Waals surface area contributed by atoms with E-state index < -0.39 is 11.7 Å². The summed E-state index contributed by atoms with van der Waals surface area (Å²) >= 11 is 0. The predicted molar refractivity (Wildman–Crippen MR) is 101 cm³/mol. The topological polar surface area (TPSA) is 45.0 Å². The van der Waals surface area contributed by atoms with Gasteiger partial charge in [-0.2, -0.15) is 18.4 Å². The molecule has 28 heavy (non-hydrogen) atoms. The van der Waals surface area contributed by atoms with E-state index in [0.717, 1.165) is 41.8 Å². The zero-order valence-corrected chi connectivity index (χ0v) is 15.1. The van der Waals surface area contributed by atoms with E-state index in [-0.39, 0.29) is 12.4 Å². The first-order valence-corrected chi connectivity index (χ1v) is 8.82. The molecule has 0 saturated carbocycles. The van der Waals surface area contributed by atoms with Crippen LogP contribution in [0.5, 0.6) is 5.75 Å². The van der Waals surface area contributed by atoms with Gasteiger partial charge < -0.3 is 10.1 Å². The van der Waals surface area contributed by atoms with Crippen LogP contribution < -0.4 is 10.1 Å². The second-order valence-corrected chi connectivity index (χ2v) is 6.49. The molecule has 0 radical (unpaired) electrons. The normalized spacial score (nSPS) is 13.8. The highest BCUT2D eigenvalue weighted by molar-refractivity contribution is 5.73.